The fourth-order valence-corrected chi connectivity index (χ4v) is 6.31. The molecule has 12 heteroatoms. The van der Waals surface area contributed by atoms with Crippen LogP contribution in [-0.4, -0.2) is 59.4 Å². The fraction of sp³-hybridized carbons (Fsp3) is 0.621. The van der Waals surface area contributed by atoms with Crippen molar-refractivity contribution in [1.29, 1.82) is 5.26 Å². The Balaban J connectivity index is 1.62. The Kier molecular flexibility index (Phi) is 8.39. The number of hydrogen-bond acceptors (Lipinski definition) is 5. The molecule has 9 nitrogen and oxygen atoms in total. The van der Waals surface area contributed by atoms with Crippen molar-refractivity contribution in [3.05, 3.63) is 29.8 Å². The molecule has 0 radical (unpaired) electrons. The Morgan fingerprint density at radius 2 is 1.78 bits per heavy atom. The number of likely N-dealkylation sites (tertiary alicyclic amines) is 1. The summed E-state index contributed by atoms with van der Waals surface area (Å²) in [7, 11) is 0. The first-order chi connectivity index (χ1) is 19.2. The van der Waals surface area contributed by atoms with E-state index in [9.17, 15) is 37.6 Å². The highest BCUT2D eigenvalue weighted by molar-refractivity contribution is 6.07. The van der Waals surface area contributed by atoms with Crippen LogP contribution >= 0.6 is 0 Å². The molecule has 1 aromatic rings. The van der Waals surface area contributed by atoms with Gasteiger partial charge in [0.2, 0.25) is 17.7 Å². The zero-order valence-electron chi connectivity index (χ0n) is 23.4. The van der Waals surface area contributed by atoms with Gasteiger partial charge in [0.1, 0.15) is 18.1 Å². The van der Waals surface area contributed by atoms with Gasteiger partial charge in [-0.05, 0) is 29.4 Å². The summed E-state index contributed by atoms with van der Waals surface area (Å²) in [5, 5.41) is 17.3. The second-order valence-electron chi connectivity index (χ2n) is 12.5. The van der Waals surface area contributed by atoms with E-state index >= 15 is 0 Å². The van der Waals surface area contributed by atoms with Crippen LogP contribution in [0.1, 0.15) is 71.3 Å². The first-order valence-corrected chi connectivity index (χ1v) is 14.0. The minimum atomic E-state index is -5.19. The summed E-state index contributed by atoms with van der Waals surface area (Å²) < 4.78 is 39.2. The minimum absolute atomic E-state index is 0.0720. The topological polar surface area (TPSA) is 131 Å². The number of carbonyl (C=O) groups is 4. The molecule has 0 aromatic heterocycles. The second kappa shape index (κ2) is 11.3. The van der Waals surface area contributed by atoms with Crippen molar-refractivity contribution in [2.75, 3.05) is 11.9 Å². The number of carbonyl (C=O) groups excluding carboxylic acids is 4. The molecule has 1 saturated carbocycles. The number of alkyl halides is 3. The number of rotatable bonds is 6. The Labute approximate surface area is 237 Å². The van der Waals surface area contributed by atoms with E-state index in [0.29, 0.717) is 11.3 Å². The third kappa shape index (κ3) is 6.19. The van der Waals surface area contributed by atoms with Gasteiger partial charge in [-0.25, -0.2) is 0 Å². The van der Waals surface area contributed by atoms with Crippen LogP contribution in [0.15, 0.2) is 24.3 Å². The molecule has 2 heterocycles. The van der Waals surface area contributed by atoms with E-state index in [4.69, 9.17) is 0 Å². The molecule has 2 aliphatic heterocycles. The largest absolute Gasteiger partial charge is 0.471 e. The van der Waals surface area contributed by atoms with Crippen LogP contribution in [0.25, 0.3) is 0 Å². The van der Waals surface area contributed by atoms with Crippen molar-refractivity contribution >= 4 is 29.3 Å². The van der Waals surface area contributed by atoms with Gasteiger partial charge in [0.25, 0.3) is 0 Å². The van der Waals surface area contributed by atoms with E-state index in [1.165, 1.54) is 25.7 Å². The molecule has 222 valence electrons. The molecule has 2 fully saturated rings. The fourth-order valence-electron chi connectivity index (χ4n) is 6.31. The van der Waals surface area contributed by atoms with Crippen molar-refractivity contribution < 1.29 is 32.3 Å². The highest BCUT2D eigenvalue weighted by Crippen LogP contribution is 2.46. The average molecular weight is 576 g/mol. The lowest BCUT2D eigenvalue weighted by Crippen LogP contribution is -2.60. The monoisotopic (exact) mass is 575 g/mol. The number of para-hydroxylation sites is 1. The number of nitrogens with one attached hydrogen (secondary N) is 3. The van der Waals surface area contributed by atoms with Gasteiger partial charge in [0.15, 0.2) is 0 Å². The Morgan fingerprint density at radius 3 is 2.39 bits per heavy atom. The van der Waals surface area contributed by atoms with Crippen LogP contribution < -0.4 is 16.0 Å². The number of fused-ring (bicyclic) bond motifs is 2. The second-order valence-corrected chi connectivity index (χ2v) is 12.5. The van der Waals surface area contributed by atoms with Gasteiger partial charge in [0, 0.05) is 18.7 Å². The summed E-state index contributed by atoms with van der Waals surface area (Å²) in [4.78, 5) is 53.8. The van der Waals surface area contributed by atoms with Crippen LogP contribution in [0.3, 0.4) is 0 Å². The molecule has 4 amide bonds. The number of nitrogens with zero attached hydrogens (tertiary/aromatic N) is 2. The van der Waals surface area contributed by atoms with E-state index in [1.807, 2.05) is 0 Å². The molecule has 4 rings (SSSR count). The maximum atomic E-state index is 14.1. The van der Waals surface area contributed by atoms with Crippen molar-refractivity contribution in [3.8, 4) is 6.07 Å². The molecule has 1 aliphatic carbocycles. The van der Waals surface area contributed by atoms with Crippen LogP contribution in [-0.2, 0) is 24.6 Å². The zero-order valence-corrected chi connectivity index (χ0v) is 23.4. The first kappa shape index (κ1) is 30.3. The number of benzene rings is 1. The molecule has 1 saturated heterocycles. The van der Waals surface area contributed by atoms with E-state index in [2.05, 4.69) is 16.7 Å². The Morgan fingerprint density at radius 1 is 1.12 bits per heavy atom. The van der Waals surface area contributed by atoms with E-state index in [0.717, 1.165) is 32.1 Å². The summed E-state index contributed by atoms with van der Waals surface area (Å²) >= 11 is 0. The standard InChI is InChI=1S/C29H36F3N5O4/c1-27(2,3)22(36-26(41)29(30,31)32)23(38)34-21(13-17-9-5-4-6-10-17)24(39)37-16-28(14-18(37)15-33)19-11-7-8-12-20(19)35-25(28)40/h7-8,11-12,17-18,21-22H,4-6,9-10,13-14,16H2,1-3H3,(H,34,38)(H,35,40)(H,36,41)/t18-,21-,22+,28-/m0/s1. The van der Waals surface area contributed by atoms with Crippen LogP contribution in [0.2, 0.25) is 0 Å². The average Bonchev–Trinajstić information content (AvgIpc) is 3.43. The smallest absolute Gasteiger partial charge is 0.342 e. The molecule has 41 heavy (non-hydrogen) atoms. The lowest BCUT2D eigenvalue weighted by atomic mass is 9.80. The van der Waals surface area contributed by atoms with Gasteiger partial charge in [0.05, 0.1) is 11.5 Å². The van der Waals surface area contributed by atoms with E-state index in [-0.39, 0.29) is 31.2 Å². The van der Waals surface area contributed by atoms with Gasteiger partial charge in [-0.2, -0.15) is 18.4 Å². The predicted octanol–water partition coefficient (Wildman–Crippen LogP) is 3.55. The summed E-state index contributed by atoms with van der Waals surface area (Å²) in [6, 6.07) is 5.54. The Bertz CT molecular complexity index is 1250. The van der Waals surface area contributed by atoms with E-state index in [1.54, 1.807) is 29.6 Å². The predicted molar refractivity (Wildman–Crippen MR) is 143 cm³/mol. The lowest BCUT2D eigenvalue weighted by molar-refractivity contribution is -0.175. The molecule has 0 unspecified atom stereocenters. The highest BCUT2D eigenvalue weighted by Gasteiger charge is 2.56. The third-order valence-corrected chi connectivity index (χ3v) is 8.49. The molecule has 1 aromatic carbocycles. The van der Waals surface area contributed by atoms with Gasteiger partial charge in [-0.3, -0.25) is 19.2 Å². The molecule has 3 N–H and O–H groups in total. The van der Waals surface area contributed by atoms with Crippen LogP contribution in [0, 0.1) is 22.7 Å². The van der Waals surface area contributed by atoms with E-state index < -0.39 is 52.9 Å². The minimum Gasteiger partial charge on any atom is -0.342 e. The number of halogens is 3. The summed E-state index contributed by atoms with van der Waals surface area (Å²) in [6.07, 6.45) is -0.261. The normalized spacial score (nSPS) is 24.3. The highest BCUT2D eigenvalue weighted by atomic mass is 19.4. The summed E-state index contributed by atoms with van der Waals surface area (Å²) in [6.45, 7) is 4.46. The molecule has 0 bridgehead atoms. The quantitative estimate of drug-likeness (QED) is 0.478. The molecular formula is C29H36F3N5O4. The van der Waals surface area contributed by atoms with Gasteiger partial charge < -0.3 is 20.9 Å². The van der Waals surface area contributed by atoms with Crippen molar-refractivity contribution in [3.63, 3.8) is 0 Å². The lowest BCUT2D eigenvalue weighted by Gasteiger charge is -2.34. The maximum Gasteiger partial charge on any atom is 0.471 e. The molecule has 1 spiro atoms. The summed E-state index contributed by atoms with van der Waals surface area (Å²) in [5.74, 6) is -3.97. The van der Waals surface area contributed by atoms with Gasteiger partial charge >= 0.3 is 12.1 Å². The maximum absolute atomic E-state index is 14.1. The van der Waals surface area contributed by atoms with Crippen LogP contribution in [0.4, 0.5) is 18.9 Å². The number of anilines is 1. The molecule has 4 atom stereocenters. The number of amides is 4. The van der Waals surface area contributed by atoms with Crippen molar-refractivity contribution in [2.24, 2.45) is 11.3 Å². The van der Waals surface area contributed by atoms with Crippen LogP contribution in [0.5, 0.6) is 0 Å². The third-order valence-electron chi connectivity index (χ3n) is 8.49. The van der Waals surface area contributed by atoms with Crippen molar-refractivity contribution in [2.45, 2.75) is 95.4 Å². The zero-order chi connectivity index (χ0) is 30.2. The Hall–Kier alpha value is -3.62. The molecule has 3 aliphatic rings. The number of hydrogen-bond donors (Lipinski definition) is 3. The first-order valence-electron chi connectivity index (χ1n) is 14.0. The number of nitriles is 1. The SMILES string of the molecule is CC(C)(C)[C@H](NC(=O)C(F)(F)F)C(=O)N[C@@H](CC1CCCCC1)C(=O)N1C[C@]2(C[C@H]1C#N)C(=O)Nc1ccccc12. The molecular weight excluding hydrogens is 539 g/mol. The van der Waals surface area contributed by atoms with Gasteiger partial charge in [-0.15, -0.1) is 0 Å². The van der Waals surface area contributed by atoms with Gasteiger partial charge in [-0.1, -0.05) is 71.1 Å². The summed E-state index contributed by atoms with van der Waals surface area (Å²) in [5.41, 5.74) is -0.928. The van der Waals surface area contributed by atoms with Crippen molar-refractivity contribution in [1.82, 2.24) is 15.5 Å².